The van der Waals surface area contributed by atoms with Crippen molar-refractivity contribution in [1.82, 2.24) is 4.90 Å². The summed E-state index contributed by atoms with van der Waals surface area (Å²) in [6.45, 7) is 0.269. The third-order valence-electron chi connectivity index (χ3n) is 4.53. The molecule has 1 aliphatic heterocycles. The van der Waals surface area contributed by atoms with Crippen LogP contribution in [0.4, 0.5) is 10.5 Å². The Morgan fingerprint density at radius 1 is 0.692 bits per heavy atom. The normalized spacial score (nSPS) is 17.0. The lowest BCUT2D eigenvalue weighted by molar-refractivity contribution is -0.127. The molecule has 0 bridgehead atoms. The molecule has 1 atom stereocenters. The number of nitrogens with zero attached hydrogens (tertiary/aromatic N) is 2. The molecule has 1 aliphatic rings. The quantitative estimate of drug-likeness (QED) is 0.660. The molecule has 4 nitrogen and oxygen atoms in total. The number of urea groups is 1. The second-order valence-electron chi connectivity index (χ2n) is 6.21. The van der Waals surface area contributed by atoms with Crippen LogP contribution in [0.25, 0.3) is 0 Å². The molecule has 3 aromatic carbocycles. The van der Waals surface area contributed by atoms with Crippen molar-refractivity contribution >= 4 is 17.6 Å². The zero-order chi connectivity index (χ0) is 17.9. The Labute approximate surface area is 152 Å². The lowest BCUT2D eigenvalue weighted by atomic mass is 10.1. The second-order valence-corrected chi connectivity index (χ2v) is 6.21. The Kier molecular flexibility index (Phi) is 4.23. The molecule has 0 N–H and O–H groups in total. The van der Waals surface area contributed by atoms with Gasteiger partial charge in [-0.2, -0.15) is 0 Å². The van der Waals surface area contributed by atoms with Crippen LogP contribution in [0.15, 0.2) is 91.0 Å². The SMILES string of the molecule is O=C1C(c2ccccc2)N(c2ccccc2)C(=O)N1Cc1ccccc1. The van der Waals surface area contributed by atoms with E-state index in [9.17, 15) is 9.59 Å². The van der Waals surface area contributed by atoms with Gasteiger partial charge in [-0.1, -0.05) is 78.9 Å². The van der Waals surface area contributed by atoms with Gasteiger partial charge in [-0.15, -0.1) is 0 Å². The summed E-state index contributed by atoms with van der Waals surface area (Å²) < 4.78 is 0. The van der Waals surface area contributed by atoms with E-state index in [1.165, 1.54) is 4.90 Å². The van der Waals surface area contributed by atoms with Crippen molar-refractivity contribution in [2.45, 2.75) is 12.6 Å². The largest absolute Gasteiger partial charge is 0.332 e. The van der Waals surface area contributed by atoms with Gasteiger partial charge in [0.15, 0.2) is 0 Å². The van der Waals surface area contributed by atoms with Crippen LogP contribution in [0, 0.1) is 0 Å². The number of para-hydroxylation sites is 1. The Morgan fingerprint density at radius 3 is 1.85 bits per heavy atom. The molecule has 26 heavy (non-hydrogen) atoms. The fourth-order valence-corrected chi connectivity index (χ4v) is 3.28. The molecule has 0 aromatic heterocycles. The average Bonchev–Trinajstić information content (AvgIpc) is 2.95. The maximum atomic E-state index is 13.2. The summed E-state index contributed by atoms with van der Waals surface area (Å²) in [6.07, 6.45) is 0. The Hall–Kier alpha value is -3.40. The molecular weight excluding hydrogens is 324 g/mol. The van der Waals surface area contributed by atoms with Crippen LogP contribution in [0.3, 0.4) is 0 Å². The van der Waals surface area contributed by atoms with Gasteiger partial charge < -0.3 is 0 Å². The van der Waals surface area contributed by atoms with Crippen molar-refractivity contribution in [3.05, 3.63) is 102 Å². The molecule has 1 heterocycles. The molecular formula is C22H18N2O2. The molecule has 4 heteroatoms. The number of hydrogen-bond acceptors (Lipinski definition) is 2. The minimum absolute atomic E-state index is 0.200. The van der Waals surface area contributed by atoms with Gasteiger partial charge in [-0.3, -0.25) is 14.6 Å². The van der Waals surface area contributed by atoms with E-state index in [1.807, 2.05) is 91.0 Å². The van der Waals surface area contributed by atoms with Crippen LogP contribution in [-0.2, 0) is 11.3 Å². The Morgan fingerprint density at radius 2 is 1.23 bits per heavy atom. The van der Waals surface area contributed by atoms with Crippen molar-refractivity contribution in [3.8, 4) is 0 Å². The highest BCUT2D eigenvalue weighted by Crippen LogP contribution is 2.36. The number of imide groups is 1. The first-order chi connectivity index (χ1) is 12.8. The summed E-state index contributed by atoms with van der Waals surface area (Å²) in [7, 11) is 0. The highest BCUT2D eigenvalue weighted by Gasteiger charge is 2.46. The van der Waals surface area contributed by atoms with Crippen molar-refractivity contribution in [1.29, 1.82) is 0 Å². The van der Waals surface area contributed by atoms with Crippen LogP contribution >= 0.6 is 0 Å². The predicted octanol–water partition coefficient (Wildman–Crippen LogP) is 4.40. The van der Waals surface area contributed by atoms with Crippen molar-refractivity contribution < 1.29 is 9.59 Å². The first-order valence-corrected chi connectivity index (χ1v) is 8.54. The third-order valence-corrected chi connectivity index (χ3v) is 4.53. The van der Waals surface area contributed by atoms with Crippen LogP contribution in [0.1, 0.15) is 17.2 Å². The molecule has 0 saturated carbocycles. The summed E-state index contributed by atoms with van der Waals surface area (Å²) in [5.41, 5.74) is 2.46. The minimum atomic E-state index is -0.644. The number of benzene rings is 3. The molecule has 1 saturated heterocycles. The molecule has 128 valence electrons. The van der Waals surface area contributed by atoms with Crippen LogP contribution in [-0.4, -0.2) is 16.8 Å². The summed E-state index contributed by atoms with van der Waals surface area (Å²) in [5, 5.41) is 0. The standard InChI is InChI=1S/C22H18N2O2/c25-21-20(18-12-6-2-7-13-18)24(19-14-8-3-9-15-19)22(26)23(21)16-17-10-4-1-5-11-17/h1-15,20H,16H2. The van der Waals surface area contributed by atoms with Gasteiger partial charge in [0.25, 0.3) is 5.91 Å². The van der Waals surface area contributed by atoms with Crippen molar-refractivity contribution in [3.63, 3.8) is 0 Å². The molecule has 4 rings (SSSR count). The monoisotopic (exact) mass is 342 g/mol. The first-order valence-electron chi connectivity index (χ1n) is 8.54. The summed E-state index contributed by atoms with van der Waals surface area (Å²) in [5.74, 6) is -0.200. The van der Waals surface area contributed by atoms with Gasteiger partial charge >= 0.3 is 6.03 Å². The van der Waals surface area contributed by atoms with E-state index in [2.05, 4.69) is 0 Å². The van der Waals surface area contributed by atoms with Crippen LogP contribution in [0.2, 0.25) is 0 Å². The van der Waals surface area contributed by atoms with E-state index in [1.54, 1.807) is 4.90 Å². The summed E-state index contributed by atoms with van der Waals surface area (Å²) >= 11 is 0. The van der Waals surface area contributed by atoms with E-state index < -0.39 is 6.04 Å². The number of carbonyl (C=O) groups is 2. The second kappa shape index (κ2) is 6.84. The first kappa shape index (κ1) is 16.1. The minimum Gasteiger partial charge on any atom is -0.277 e. The molecule has 0 spiro atoms. The van der Waals surface area contributed by atoms with Gasteiger partial charge in [0.1, 0.15) is 6.04 Å². The molecule has 1 unspecified atom stereocenters. The molecule has 0 radical (unpaired) electrons. The summed E-state index contributed by atoms with van der Waals surface area (Å²) in [6, 6.07) is 27.4. The van der Waals surface area contributed by atoms with E-state index in [-0.39, 0.29) is 18.5 Å². The van der Waals surface area contributed by atoms with E-state index in [0.717, 1.165) is 16.8 Å². The zero-order valence-electron chi connectivity index (χ0n) is 14.2. The lowest BCUT2D eigenvalue weighted by Crippen LogP contribution is -2.32. The fourth-order valence-electron chi connectivity index (χ4n) is 3.28. The van der Waals surface area contributed by atoms with Crippen molar-refractivity contribution in [2.24, 2.45) is 0 Å². The number of amides is 3. The van der Waals surface area contributed by atoms with Gasteiger partial charge in [0.05, 0.1) is 6.54 Å². The van der Waals surface area contributed by atoms with Gasteiger partial charge in [0.2, 0.25) is 0 Å². The molecule has 1 fully saturated rings. The highest BCUT2D eigenvalue weighted by atomic mass is 16.2. The number of rotatable bonds is 4. The topological polar surface area (TPSA) is 40.6 Å². The van der Waals surface area contributed by atoms with Crippen LogP contribution < -0.4 is 4.90 Å². The highest BCUT2D eigenvalue weighted by molar-refractivity contribution is 6.14. The number of hydrogen-bond donors (Lipinski definition) is 0. The fraction of sp³-hybridized carbons (Fsp3) is 0.0909. The number of anilines is 1. The molecule has 0 aliphatic carbocycles. The van der Waals surface area contributed by atoms with Gasteiger partial charge in [-0.05, 0) is 23.3 Å². The summed E-state index contributed by atoms with van der Waals surface area (Å²) in [4.78, 5) is 29.2. The van der Waals surface area contributed by atoms with E-state index in [0.29, 0.717) is 0 Å². The zero-order valence-corrected chi connectivity index (χ0v) is 14.2. The third kappa shape index (κ3) is 2.86. The lowest BCUT2D eigenvalue weighted by Gasteiger charge is -2.22. The average molecular weight is 342 g/mol. The Balaban J connectivity index is 1.75. The Bertz CT molecular complexity index is 853. The van der Waals surface area contributed by atoms with E-state index in [4.69, 9.17) is 0 Å². The maximum absolute atomic E-state index is 13.2. The predicted molar refractivity (Wildman–Crippen MR) is 100 cm³/mol. The molecule has 3 aromatic rings. The van der Waals surface area contributed by atoms with Gasteiger partial charge in [-0.25, -0.2) is 4.79 Å². The van der Waals surface area contributed by atoms with Gasteiger partial charge in [0, 0.05) is 5.69 Å². The van der Waals surface area contributed by atoms with Crippen LogP contribution in [0.5, 0.6) is 0 Å². The maximum Gasteiger partial charge on any atom is 0.332 e. The smallest absolute Gasteiger partial charge is 0.277 e. The van der Waals surface area contributed by atoms with Crippen molar-refractivity contribution in [2.75, 3.05) is 4.90 Å². The van der Waals surface area contributed by atoms with E-state index >= 15 is 0 Å². The molecule has 3 amide bonds. The number of carbonyl (C=O) groups excluding carboxylic acids is 2.